The first-order valence-corrected chi connectivity index (χ1v) is 4.68. The van der Waals surface area contributed by atoms with E-state index in [2.05, 4.69) is 18.0 Å². The van der Waals surface area contributed by atoms with Crippen molar-refractivity contribution < 1.29 is 4.79 Å². The van der Waals surface area contributed by atoms with Crippen LogP contribution in [0.25, 0.3) is 6.08 Å². The van der Waals surface area contributed by atoms with Crippen molar-refractivity contribution in [1.29, 1.82) is 0 Å². The zero-order valence-electron chi connectivity index (χ0n) is 8.42. The fraction of sp³-hybridized carbons (Fsp3) is 0.250. The van der Waals surface area contributed by atoms with Gasteiger partial charge < -0.3 is 10.1 Å². The maximum Gasteiger partial charge on any atom is 0.121 e. The molecular weight excluding hydrogens is 174 g/mol. The van der Waals surface area contributed by atoms with E-state index in [4.69, 9.17) is 0 Å². The molecule has 0 aliphatic rings. The molecular formula is C12H15NO. The van der Waals surface area contributed by atoms with Gasteiger partial charge >= 0.3 is 0 Å². The molecule has 0 amide bonds. The number of hydrogen-bond donors (Lipinski definition) is 1. The van der Waals surface area contributed by atoms with E-state index in [1.807, 2.05) is 25.1 Å². The van der Waals surface area contributed by atoms with Crippen LogP contribution in [0.15, 0.2) is 24.8 Å². The molecule has 0 saturated carbocycles. The first-order chi connectivity index (χ1) is 6.77. The van der Waals surface area contributed by atoms with Gasteiger partial charge in [0.2, 0.25) is 0 Å². The van der Waals surface area contributed by atoms with Crippen LogP contribution in [-0.4, -0.2) is 12.8 Å². The smallest absolute Gasteiger partial charge is 0.121 e. The molecule has 2 nitrogen and oxygen atoms in total. The molecule has 74 valence electrons. The van der Waals surface area contributed by atoms with Crippen molar-refractivity contribution in [3.8, 4) is 0 Å². The van der Waals surface area contributed by atoms with Gasteiger partial charge in [-0.25, -0.2) is 0 Å². The number of benzene rings is 1. The summed E-state index contributed by atoms with van der Waals surface area (Å²) >= 11 is 0. The van der Waals surface area contributed by atoms with Gasteiger partial charge in [-0.05, 0) is 24.6 Å². The van der Waals surface area contributed by atoms with Crippen LogP contribution in [0.4, 0.5) is 5.69 Å². The molecule has 0 aromatic heterocycles. The van der Waals surface area contributed by atoms with E-state index in [9.17, 15) is 4.79 Å². The molecule has 1 rings (SSSR count). The Morgan fingerprint density at radius 1 is 1.50 bits per heavy atom. The Balaban J connectivity index is 2.74. The third-order valence-corrected chi connectivity index (χ3v) is 2.00. The predicted octanol–water partition coefficient (Wildman–Crippen LogP) is 2.64. The van der Waals surface area contributed by atoms with Crippen molar-refractivity contribution in [1.82, 2.24) is 0 Å². The van der Waals surface area contributed by atoms with Crippen LogP contribution in [0.5, 0.6) is 0 Å². The third-order valence-electron chi connectivity index (χ3n) is 2.00. The molecule has 0 heterocycles. The van der Waals surface area contributed by atoms with Crippen LogP contribution in [0, 0.1) is 6.92 Å². The molecule has 0 atom stereocenters. The Morgan fingerprint density at radius 3 is 2.93 bits per heavy atom. The number of anilines is 1. The maximum atomic E-state index is 10.1. The number of aldehydes is 1. The minimum atomic E-state index is 0.532. The monoisotopic (exact) mass is 189 g/mol. The zero-order chi connectivity index (χ0) is 10.4. The van der Waals surface area contributed by atoms with Crippen molar-refractivity contribution in [2.45, 2.75) is 13.3 Å². The average Bonchev–Trinajstić information content (AvgIpc) is 2.20. The minimum Gasteiger partial charge on any atom is -0.384 e. The molecule has 1 N–H and O–H groups in total. The topological polar surface area (TPSA) is 29.1 Å². The highest BCUT2D eigenvalue weighted by Gasteiger charge is 1.97. The lowest BCUT2D eigenvalue weighted by atomic mass is 10.1. The van der Waals surface area contributed by atoms with Crippen molar-refractivity contribution in [2.75, 3.05) is 11.9 Å². The Bertz CT molecular complexity index is 331. The highest BCUT2D eigenvalue weighted by atomic mass is 16.1. The summed E-state index contributed by atoms with van der Waals surface area (Å²) in [6.07, 6.45) is 3.26. The van der Waals surface area contributed by atoms with E-state index >= 15 is 0 Å². The van der Waals surface area contributed by atoms with E-state index < -0.39 is 0 Å². The summed E-state index contributed by atoms with van der Waals surface area (Å²) < 4.78 is 0. The van der Waals surface area contributed by atoms with Crippen LogP contribution in [0.2, 0.25) is 0 Å². The van der Waals surface area contributed by atoms with Gasteiger partial charge in [-0.15, -0.1) is 0 Å². The second kappa shape index (κ2) is 5.22. The number of aryl methyl sites for hydroxylation is 1. The summed E-state index contributed by atoms with van der Waals surface area (Å²) in [4.78, 5) is 10.1. The van der Waals surface area contributed by atoms with E-state index in [1.54, 1.807) is 0 Å². The molecule has 1 aromatic rings. The predicted molar refractivity (Wildman–Crippen MR) is 60.4 cm³/mol. The number of carbonyl (C=O) groups is 1. The maximum absolute atomic E-state index is 10.1. The van der Waals surface area contributed by atoms with Gasteiger partial charge in [-0.1, -0.05) is 24.3 Å². The number of rotatable bonds is 5. The van der Waals surface area contributed by atoms with E-state index in [-0.39, 0.29) is 0 Å². The summed E-state index contributed by atoms with van der Waals surface area (Å²) in [7, 11) is 0. The molecule has 0 saturated heterocycles. The molecule has 0 aliphatic heterocycles. The largest absolute Gasteiger partial charge is 0.384 e. The van der Waals surface area contributed by atoms with E-state index in [1.165, 1.54) is 5.56 Å². The van der Waals surface area contributed by atoms with Gasteiger partial charge in [0, 0.05) is 18.7 Å². The van der Waals surface area contributed by atoms with Gasteiger partial charge in [0.05, 0.1) is 0 Å². The first kappa shape index (κ1) is 10.5. The van der Waals surface area contributed by atoms with Gasteiger partial charge in [-0.2, -0.15) is 0 Å². The van der Waals surface area contributed by atoms with Crippen LogP contribution in [-0.2, 0) is 4.79 Å². The SMILES string of the molecule is C=Cc1cc(C)ccc1NCCC=O. The Hall–Kier alpha value is -1.57. The van der Waals surface area contributed by atoms with Crippen LogP contribution < -0.4 is 5.32 Å². The molecule has 0 fully saturated rings. The lowest BCUT2D eigenvalue weighted by Crippen LogP contribution is -2.03. The Morgan fingerprint density at radius 2 is 2.29 bits per heavy atom. The van der Waals surface area contributed by atoms with Crippen LogP contribution >= 0.6 is 0 Å². The molecule has 14 heavy (non-hydrogen) atoms. The fourth-order valence-electron chi connectivity index (χ4n) is 1.28. The Labute approximate surface area is 84.6 Å². The number of hydrogen-bond acceptors (Lipinski definition) is 2. The van der Waals surface area contributed by atoms with E-state index in [0.29, 0.717) is 13.0 Å². The van der Waals surface area contributed by atoms with Gasteiger partial charge in [0.1, 0.15) is 6.29 Å². The fourth-order valence-corrected chi connectivity index (χ4v) is 1.28. The summed E-state index contributed by atoms with van der Waals surface area (Å²) in [6.45, 7) is 6.47. The minimum absolute atomic E-state index is 0.532. The van der Waals surface area contributed by atoms with Crippen LogP contribution in [0.1, 0.15) is 17.5 Å². The van der Waals surface area contributed by atoms with Gasteiger partial charge in [0.25, 0.3) is 0 Å². The molecule has 0 unspecified atom stereocenters. The second-order valence-corrected chi connectivity index (χ2v) is 3.18. The molecule has 0 spiro atoms. The highest BCUT2D eigenvalue weighted by Crippen LogP contribution is 2.18. The van der Waals surface area contributed by atoms with Crippen molar-refractivity contribution >= 4 is 18.0 Å². The summed E-state index contributed by atoms with van der Waals surface area (Å²) in [5.74, 6) is 0. The average molecular weight is 189 g/mol. The normalized spacial score (nSPS) is 9.50. The van der Waals surface area contributed by atoms with Gasteiger partial charge in [-0.3, -0.25) is 0 Å². The summed E-state index contributed by atoms with van der Waals surface area (Å²) in [6, 6.07) is 6.11. The zero-order valence-corrected chi connectivity index (χ0v) is 8.42. The number of nitrogens with one attached hydrogen (secondary N) is 1. The third kappa shape index (κ3) is 2.73. The van der Waals surface area contributed by atoms with E-state index in [0.717, 1.165) is 17.5 Å². The van der Waals surface area contributed by atoms with Crippen molar-refractivity contribution in [3.63, 3.8) is 0 Å². The van der Waals surface area contributed by atoms with Crippen LogP contribution in [0.3, 0.4) is 0 Å². The highest BCUT2D eigenvalue weighted by molar-refractivity contribution is 5.66. The van der Waals surface area contributed by atoms with Crippen molar-refractivity contribution in [3.05, 3.63) is 35.9 Å². The molecule has 0 aliphatic carbocycles. The molecule has 0 bridgehead atoms. The lowest BCUT2D eigenvalue weighted by molar-refractivity contribution is -0.107. The Kier molecular flexibility index (Phi) is 3.92. The lowest BCUT2D eigenvalue weighted by Gasteiger charge is -2.08. The quantitative estimate of drug-likeness (QED) is 0.570. The first-order valence-electron chi connectivity index (χ1n) is 4.68. The second-order valence-electron chi connectivity index (χ2n) is 3.18. The molecule has 1 aromatic carbocycles. The number of carbonyl (C=O) groups excluding carboxylic acids is 1. The summed E-state index contributed by atoms with van der Waals surface area (Å²) in [5.41, 5.74) is 3.32. The van der Waals surface area contributed by atoms with Crippen molar-refractivity contribution in [2.24, 2.45) is 0 Å². The standard InChI is InChI=1S/C12H15NO/c1-3-11-9-10(2)5-6-12(11)13-7-4-8-14/h3,5-6,8-9,13H,1,4,7H2,2H3. The molecule has 2 heteroatoms. The van der Waals surface area contributed by atoms with Gasteiger partial charge in [0.15, 0.2) is 0 Å². The summed E-state index contributed by atoms with van der Waals surface area (Å²) in [5, 5.41) is 3.19. The molecule has 0 radical (unpaired) electrons.